The van der Waals surface area contributed by atoms with Crippen LogP contribution >= 0.6 is 11.3 Å². The van der Waals surface area contributed by atoms with Crippen LogP contribution < -0.4 is 4.72 Å². The van der Waals surface area contributed by atoms with Gasteiger partial charge in [-0.25, -0.2) is 13.1 Å². The lowest BCUT2D eigenvalue weighted by Crippen LogP contribution is -2.33. The largest absolute Gasteiger partial charge is 0.393 e. The summed E-state index contributed by atoms with van der Waals surface area (Å²) < 4.78 is 27.1. The number of rotatable bonds is 4. The maximum absolute atomic E-state index is 12.2. The summed E-state index contributed by atoms with van der Waals surface area (Å²) in [5, 5.41) is 9.60. The molecule has 1 heterocycles. The molecule has 1 saturated carbocycles. The molecule has 2 atom stereocenters. The number of aliphatic hydroxyl groups excluding tert-OH is 1. The van der Waals surface area contributed by atoms with Crippen molar-refractivity contribution in [1.29, 1.82) is 0 Å². The van der Waals surface area contributed by atoms with Crippen LogP contribution in [0.1, 0.15) is 35.4 Å². The van der Waals surface area contributed by atoms with Gasteiger partial charge in [-0.1, -0.05) is 6.42 Å². The first-order chi connectivity index (χ1) is 8.88. The molecule has 0 bridgehead atoms. The average Bonchev–Trinajstić information content (AvgIpc) is 2.67. The molecule has 108 valence electrons. The van der Waals surface area contributed by atoms with Crippen LogP contribution in [0.15, 0.2) is 11.0 Å². The smallest absolute Gasteiger partial charge is 0.241 e. The highest BCUT2D eigenvalue weighted by molar-refractivity contribution is 7.89. The van der Waals surface area contributed by atoms with E-state index < -0.39 is 10.0 Å². The molecule has 0 saturated heterocycles. The van der Waals surface area contributed by atoms with E-state index in [9.17, 15) is 13.5 Å². The molecule has 0 spiro atoms. The highest BCUT2D eigenvalue weighted by atomic mass is 32.2. The van der Waals surface area contributed by atoms with Crippen LogP contribution in [0, 0.1) is 19.8 Å². The third-order valence-corrected chi connectivity index (χ3v) is 6.25. The van der Waals surface area contributed by atoms with Crippen molar-refractivity contribution >= 4 is 21.4 Å². The van der Waals surface area contributed by atoms with E-state index in [1.54, 1.807) is 6.07 Å². The van der Waals surface area contributed by atoms with E-state index in [4.69, 9.17) is 0 Å². The van der Waals surface area contributed by atoms with Gasteiger partial charge in [-0.2, -0.15) is 0 Å². The lowest BCUT2D eigenvalue weighted by Gasteiger charge is -2.25. The minimum absolute atomic E-state index is 0.249. The summed E-state index contributed by atoms with van der Waals surface area (Å²) in [7, 11) is -3.41. The highest BCUT2D eigenvalue weighted by Crippen LogP contribution is 2.26. The molecule has 0 aliphatic heterocycles. The molecule has 1 fully saturated rings. The number of thiophene rings is 1. The zero-order valence-electron chi connectivity index (χ0n) is 11.3. The number of nitrogens with one attached hydrogen (secondary N) is 1. The van der Waals surface area contributed by atoms with Gasteiger partial charge in [0.25, 0.3) is 0 Å². The second kappa shape index (κ2) is 5.91. The van der Waals surface area contributed by atoms with Crippen LogP contribution in [-0.4, -0.2) is 26.2 Å². The number of hydrogen-bond acceptors (Lipinski definition) is 4. The van der Waals surface area contributed by atoms with E-state index in [-0.39, 0.29) is 12.0 Å². The van der Waals surface area contributed by atoms with Crippen LogP contribution in [0.2, 0.25) is 0 Å². The Balaban J connectivity index is 2.00. The Morgan fingerprint density at radius 1 is 1.42 bits per heavy atom. The minimum atomic E-state index is -3.41. The Kier molecular flexibility index (Phi) is 4.66. The molecule has 1 aromatic rings. The van der Waals surface area contributed by atoms with Gasteiger partial charge in [-0.15, -0.1) is 11.3 Å². The third-order valence-electron chi connectivity index (χ3n) is 3.60. The molecule has 2 N–H and O–H groups in total. The van der Waals surface area contributed by atoms with Crippen molar-refractivity contribution in [3.8, 4) is 0 Å². The van der Waals surface area contributed by atoms with E-state index in [0.29, 0.717) is 17.9 Å². The van der Waals surface area contributed by atoms with Crippen LogP contribution in [0.4, 0.5) is 0 Å². The molecule has 4 nitrogen and oxygen atoms in total. The SMILES string of the molecule is Cc1cc(S(=O)(=O)NCC2CCCC(O)C2)c(C)s1. The quantitative estimate of drug-likeness (QED) is 0.896. The average molecular weight is 303 g/mol. The van der Waals surface area contributed by atoms with Crippen molar-refractivity contribution < 1.29 is 13.5 Å². The minimum Gasteiger partial charge on any atom is -0.393 e. The monoisotopic (exact) mass is 303 g/mol. The van der Waals surface area contributed by atoms with Gasteiger partial charge in [0, 0.05) is 16.3 Å². The van der Waals surface area contributed by atoms with Crippen LogP contribution in [0.5, 0.6) is 0 Å². The number of sulfonamides is 1. The van der Waals surface area contributed by atoms with E-state index in [1.807, 2.05) is 13.8 Å². The van der Waals surface area contributed by atoms with Gasteiger partial charge in [0.15, 0.2) is 0 Å². The topological polar surface area (TPSA) is 66.4 Å². The molecule has 1 aliphatic rings. The van der Waals surface area contributed by atoms with Crippen molar-refractivity contribution in [3.05, 3.63) is 15.8 Å². The third kappa shape index (κ3) is 3.78. The van der Waals surface area contributed by atoms with E-state index in [2.05, 4.69) is 4.72 Å². The van der Waals surface area contributed by atoms with Crippen molar-refractivity contribution in [2.24, 2.45) is 5.92 Å². The normalized spacial score (nSPS) is 24.6. The van der Waals surface area contributed by atoms with Crippen molar-refractivity contribution in [2.45, 2.75) is 50.5 Å². The summed E-state index contributed by atoms with van der Waals surface area (Å²) in [4.78, 5) is 2.23. The van der Waals surface area contributed by atoms with Gasteiger partial charge in [0.1, 0.15) is 0 Å². The molecule has 19 heavy (non-hydrogen) atoms. The van der Waals surface area contributed by atoms with Gasteiger partial charge in [0.2, 0.25) is 10.0 Å². The van der Waals surface area contributed by atoms with Gasteiger partial charge in [-0.3, -0.25) is 0 Å². The predicted octanol–water partition coefficient (Wildman–Crippen LogP) is 2.19. The molecule has 2 unspecified atom stereocenters. The second-order valence-corrected chi connectivity index (χ2v) is 8.51. The van der Waals surface area contributed by atoms with Gasteiger partial charge >= 0.3 is 0 Å². The number of aliphatic hydroxyl groups is 1. The first-order valence-corrected chi connectivity index (χ1v) is 8.93. The Morgan fingerprint density at radius 3 is 2.74 bits per heavy atom. The van der Waals surface area contributed by atoms with Crippen molar-refractivity contribution in [2.75, 3.05) is 6.54 Å². The summed E-state index contributed by atoms with van der Waals surface area (Å²) >= 11 is 1.50. The van der Waals surface area contributed by atoms with Crippen LogP contribution in [0.3, 0.4) is 0 Å². The highest BCUT2D eigenvalue weighted by Gasteiger charge is 2.24. The summed E-state index contributed by atoms with van der Waals surface area (Å²) in [6, 6.07) is 1.72. The van der Waals surface area contributed by atoms with Crippen LogP contribution in [-0.2, 0) is 10.0 Å². The van der Waals surface area contributed by atoms with Gasteiger partial charge in [0.05, 0.1) is 11.0 Å². The fraction of sp³-hybridized carbons (Fsp3) is 0.692. The lowest BCUT2D eigenvalue weighted by molar-refractivity contribution is 0.102. The molecule has 0 radical (unpaired) electrons. The molecule has 1 aliphatic carbocycles. The summed E-state index contributed by atoms with van der Waals surface area (Å²) in [6.07, 6.45) is 3.23. The zero-order chi connectivity index (χ0) is 14.0. The van der Waals surface area contributed by atoms with Crippen molar-refractivity contribution in [3.63, 3.8) is 0 Å². The van der Waals surface area contributed by atoms with Crippen LogP contribution in [0.25, 0.3) is 0 Å². The molecular formula is C13H21NO3S2. The zero-order valence-corrected chi connectivity index (χ0v) is 13.0. The molecule has 0 amide bonds. The maximum atomic E-state index is 12.2. The Morgan fingerprint density at radius 2 is 2.16 bits per heavy atom. The molecular weight excluding hydrogens is 282 g/mol. The Bertz CT molecular complexity index is 536. The first kappa shape index (κ1) is 15.0. The Hall–Kier alpha value is -0.430. The molecule has 2 rings (SSSR count). The van der Waals surface area contributed by atoms with E-state index >= 15 is 0 Å². The molecule has 6 heteroatoms. The number of aryl methyl sites for hydroxylation is 2. The van der Waals surface area contributed by atoms with Gasteiger partial charge in [-0.05, 0) is 45.1 Å². The van der Waals surface area contributed by atoms with E-state index in [1.165, 1.54) is 11.3 Å². The Labute approximate surface area is 118 Å². The van der Waals surface area contributed by atoms with Gasteiger partial charge < -0.3 is 5.11 Å². The summed E-state index contributed by atoms with van der Waals surface area (Å²) in [6.45, 7) is 4.17. The number of hydrogen-bond donors (Lipinski definition) is 2. The predicted molar refractivity (Wildman–Crippen MR) is 76.9 cm³/mol. The van der Waals surface area contributed by atoms with E-state index in [0.717, 1.165) is 29.0 Å². The summed E-state index contributed by atoms with van der Waals surface area (Å²) in [5.74, 6) is 0.249. The summed E-state index contributed by atoms with van der Waals surface area (Å²) in [5.41, 5.74) is 0. The fourth-order valence-corrected chi connectivity index (χ4v) is 5.30. The second-order valence-electron chi connectivity index (χ2n) is 5.32. The molecule has 0 aromatic carbocycles. The molecule has 1 aromatic heterocycles. The van der Waals surface area contributed by atoms with Crippen molar-refractivity contribution in [1.82, 2.24) is 4.72 Å². The lowest BCUT2D eigenvalue weighted by atomic mass is 9.87. The fourth-order valence-electron chi connectivity index (χ4n) is 2.63. The first-order valence-electron chi connectivity index (χ1n) is 6.63. The maximum Gasteiger partial charge on any atom is 0.241 e. The standard InChI is InChI=1S/C13H21NO3S2/c1-9-6-13(10(2)18-9)19(16,17)14-8-11-4-3-5-12(15)7-11/h6,11-12,14-15H,3-5,7-8H2,1-2H3.